The Morgan fingerprint density at radius 1 is 1.20 bits per heavy atom. The predicted octanol–water partition coefficient (Wildman–Crippen LogP) is 5.81. The molecule has 0 amide bonds. The van der Waals surface area contributed by atoms with Gasteiger partial charge in [-0.2, -0.15) is 0 Å². The molecule has 0 unspecified atom stereocenters. The van der Waals surface area contributed by atoms with Gasteiger partial charge in [-0.3, -0.25) is 0 Å². The number of benzene rings is 1. The van der Waals surface area contributed by atoms with Crippen LogP contribution in [0.15, 0.2) is 37.6 Å². The molecule has 0 N–H and O–H groups in total. The predicted molar refractivity (Wildman–Crippen MR) is 83.1 cm³/mol. The Morgan fingerprint density at radius 3 is 2.90 bits per heavy atom. The van der Waals surface area contributed by atoms with Gasteiger partial charge in [-0.1, -0.05) is 22.9 Å². The highest BCUT2D eigenvalue weighted by Gasteiger charge is 2.28. The van der Waals surface area contributed by atoms with Crippen molar-refractivity contribution in [1.29, 1.82) is 0 Å². The SMILES string of the molecule is Cc1cc2c(o1)-c1c(oc3ccc(Br)cc13)CC[C@@H]2C. The van der Waals surface area contributed by atoms with Crippen LogP contribution in [0.5, 0.6) is 0 Å². The lowest BCUT2D eigenvalue weighted by Gasteiger charge is -2.06. The summed E-state index contributed by atoms with van der Waals surface area (Å²) >= 11 is 3.55. The fourth-order valence-corrected chi connectivity index (χ4v) is 3.51. The van der Waals surface area contributed by atoms with E-state index >= 15 is 0 Å². The van der Waals surface area contributed by atoms with Crippen molar-refractivity contribution in [3.8, 4) is 11.3 Å². The van der Waals surface area contributed by atoms with Crippen molar-refractivity contribution < 1.29 is 8.83 Å². The molecule has 2 nitrogen and oxygen atoms in total. The number of rotatable bonds is 0. The van der Waals surface area contributed by atoms with E-state index in [9.17, 15) is 0 Å². The van der Waals surface area contributed by atoms with Gasteiger partial charge in [-0.25, -0.2) is 0 Å². The molecule has 0 radical (unpaired) electrons. The molecule has 0 spiro atoms. The van der Waals surface area contributed by atoms with Gasteiger partial charge in [0.15, 0.2) is 0 Å². The van der Waals surface area contributed by atoms with Crippen LogP contribution >= 0.6 is 15.9 Å². The first kappa shape index (κ1) is 12.3. The highest BCUT2D eigenvalue weighted by molar-refractivity contribution is 9.10. The Balaban J connectivity index is 2.10. The van der Waals surface area contributed by atoms with Gasteiger partial charge in [-0.05, 0) is 43.5 Å². The second kappa shape index (κ2) is 4.26. The zero-order valence-corrected chi connectivity index (χ0v) is 13.1. The van der Waals surface area contributed by atoms with E-state index < -0.39 is 0 Å². The lowest BCUT2D eigenvalue weighted by molar-refractivity contribution is 0.526. The summed E-state index contributed by atoms with van der Waals surface area (Å²) in [5.41, 5.74) is 3.39. The zero-order chi connectivity index (χ0) is 13.9. The van der Waals surface area contributed by atoms with Crippen LogP contribution < -0.4 is 0 Å². The van der Waals surface area contributed by atoms with Crippen molar-refractivity contribution in [3.63, 3.8) is 0 Å². The molecule has 1 aliphatic carbocycles. The third kappa shape index (κ3) is 1.69. The standard InChI is InChI=1S/C17H15BrO2/c1-9-3-5-15-16(17-12(9)7-10(2)19-17)13-8-11(18)4-6-14(13)20-15/h4,6-9H,3,5H2,1-2H3/t9-/m0/s1. The molecule has 0 saturated carbocycles. The molecule has 1 aromatic carbocycles. The summed E-state index contributed by atoms with van der Waals surface area (Å²) in [5.74, 6) is 3.53. The quantitative estimate of drug-likeness (QED) is 0.519. The molecule has 2 heterocycles. The molecule has 3 aromatic rings. The van der Waals surface area contributed by atoms with Crippen LogP contribution in [0, 0.1) is 6.92 Å². The summed E-state index contributed by atoms with van der Waals surface area (Å²) in [6, 6.07) is 8.33. The first-order chi connectivity index (χ1) is 9.63. The third-order valence-corrected chi connectivity index (χ3v) is 4.66. The van der Waals surface area contributed by atoms with Crippen LogP contribution in [0.1, 0.15) is 36.3 Å². The van der Waals surface area contributed by atoms with E-state index in [1.807, 2.05) is 19.1 Å². The van der Waals surface area contributed by atoms with Gasteiger partial charge < -0.3 is 8.83 Å². The van der Waals surface area contributed by atoms with Gasteiger partial charge in [0, 0.05) is 21.8 Å². The second-order valence-corrected chi connectivity index (χ2v) is 6.54. The van der Waals surface area contributed by atoms with Crippen LogP contribution in [0.4, 0.5) is 0 Å². The van der Waals surface area contributed by atoms with Crippen LogP contribution in [-0.4, -0.2) is 0 Å². The van der Waals surface area contributed by atoms with Gasteiger partial charge in [0.2, 0.25) is 0 Å². The molecule has 3 heteroatoms. The van der Waals surface area contributed by atoms with Crippen molar-refractivity contribution in [3.05, 3.63) is 45.8 Å². The Hall–Kier alpha value is -1.48. The normalized spacial score (nSPS) is 17.9. The largest absolute Gasteiger partial charge is 0.461 e. The van der Waals surface area contributed by atoms with Crippen molar-refractivity contribution in [2.24, 2.45) is 0 Å². The van der Waals surface area contributed by atoms with Crippen molar-refractivity contribution in [2.75, 3.05) is 0 Å². The number of halogens is 1. The Kier molecular flexibility index (Phi) is 2.61. The molecular formula is C17H15BrO2. The molecule has 1 atom stereocenters. The minimum atomic E-state index is 0.507. The van der Waals surface area contributed by atoms with Crippen molar-refractivity contribution >= 4 is 26.9 Å². The highest BCUT2D eigenvalue weighted by Crippen LogP contribution is 2.45. The summed E-state index contributed by atoms with van der Waals surface area (Å²) in [6.45, 7) is 4.27. The number of aryl methyl sites for hydroxylation is 2. The fraction of sp³-hybridized carbons (Fsp3) is 0.294. The first-order valence-electron chi connectivity index (χ1n) is 6.95. The van der Waals surface area contributed by atoms with E-state index in [0.717, 1.165) is 51.1 Å². The van der Waals surface area contributed by atoms with E-state index in [1.54, 1.807) is 0 Å². The van der Waals surface area contributed by atoms with E-state index in [-0.39, 0.29) is 0 Å². The molecule has 20 heavy (non-hydrogen) atoms. The molecule has 2 aromatic heterocycles. The first-order valence-corrected chi connectivity index (χ1v) is 7.74. The van der Waals surface area contributed by atoms with Crippen LogP contribution in [0.25, 0.3) is 22.3 Å². The molecule has 0 bridgehead atoms. The van der Waals surface area contributed by atoms with Gasteiger partial charge in [0.25, 0.3) is 0 Å². The summed E-state index contributed by atoms with van der Waals surface area (Å²) in [6.07, 6.45) is 2.06. The number of hydrogen-bond acceptors (Lipinski definition) is 2. The lowest BCUT2D eigenvalue weighted by atomic mass is 9.98. The average Bonchev–Trinajstić information content (AvgIpc) is 2.92. The number of fused-ring (bicyclic) bond motifs is 5. The summed E-state index contributed by atoms with van der Waals surface area (Å²) in [7, 11) is 0. The molecule has 1 aliphatic rings. The Labute approximate surface area is 125 Å². The smallest absolute Gasteiger partial charge is 0.141 e. The van der Waals surface area contributed by atoms with Gasteiger partial charge in [0.1, 0.15) is 22.9 Å². The molecule has 0 fully saturated rings. The molecular weight excluding hydrogens is 316 g/mol. The molecule has 0 aliphatic heterocycles. The molecule has 0 saturated heterocycles. The van der Waals surface area contributed by atoms with Crippen LogP contribution in [0.2, 0.25) is 0 Å². The van der Waals surface area contributed by atoms with E-state index in [0.29, 0.717) is 5.92 Å². The average molecular weight is 331 g/mol. The maximum atomic E-state index is 6.06. The molecule has 4 rings (SSSR count). The zero-order valence-electron chi connectivity index (χ0n) is 11.5. The van der Waals surface area contributed by atoms with Gasteiger partial charge in [0.05, 0.1) is 5.56 Å². The summed E-state index contributed by atoms with van der Waals surface area (Å²) in [4.78, 5) is 0. The second-order valence-electron chi connectivity index (χ2n) is 5.62. The topological polar surface area (TPSA) is 26.3 Å². The van der Waals surface area contributed by atoms with Crippen LogP contribution in [0.3, 0.4) is 0 Å². The fourth-order valence-electron chi connectivity index (χ4n) is 3.14. The van der Waals surface area contributed by atoms with E-state index in [4.69, 9.17) is 8.83 Å². The maximum Gasteiger partial charge on any atom is 0.141 e. The number of furan rings is 2. The van der Waals surface area contributed by atoms with Crippen molar-refractivity contribution in [2.45, 2.75) is 32.6 Å². The molecule has 102 valence electrons. The Morgan fingerprint density at radius 2 is 2.05 bits per heavy atom. The van der Waals surface area contributed by atoms with Gasteiger partial charge >= 0.3 is 0 Å². The summed E-state index contributed by atoms with van der Waals surface area (Å²) in [5, 5.41) is 1.14. The van der Waals surface area contributed by atoms with Crippen LogP contribution in [-0.2, 0) is 6.42 Å². The van der Waals surface area contributed by atoms with E-state index in [1.165, 1.54) is 5.56 Å². The highest BCUT2D eigenvalue weighted by atomic mass is 79.9. The summed E-state index contributed by atoms with van der Waals surface area (Å²) < 4.78 is 13.1. The van der Waals surface area contributed by atoms with Gasteiger partial charge in [-0.15, -0.1) is 0 Å². The monoisotopic (exact) mass is 330 g/mol. The number of hydrogen-bond donors (Lipinski definition) is 0. The minimum absolute atomic E-state index is 0.507. The lowest BCUT2D eigenvalue weighted by Crippen LogP contribution is -1.91. The minimum Gasteiger partial charge on any atom is -0.461 e. The van der Waals surface area contributed by atoms with E-state index in [2.05, 4.69) is 35.0 Å². The third-order valence-electron chi connectivity index (χ3n) is 4.17. The van der Waals surface area contributed by atoms with Crippen molar-refractivity contribution in [1.82, 2.24) is 0 Å². The maximum absolute atomic E-state index is 6.06. The Bertz CT molecular complexity index is 810.